The summed E-state index contributed by atoms with van der Waals surface area (Å²) in [5.41, 5.74) is 1.34. The molecule has 0 fully saturated rings. The van der Waals surface area contributed by atoms with Gasteiger partial charge in [0, 0.05) is 12.1 Å². The highest BCUT2D eigenvalue weighted by Crippen LogP contribution is 2.28. The lowest BCUT2D eigenvalue weighted by atomic mass is 10.2. The molecule has 1 aliphatic rings. The average molecular weight is 164 g/mol. The van der Waals surface area contributed by atoms with Crippen LogP contribution < -0.4 is 9.80 Å². The van der Waals surface area contributed by atoms with Crippen LogP contribution >= 0.6 is 0 Å². The number of hydrogen-bond acceptors (Lipinski definition) is 3. The van der Waals surface area contributed by atoms with Crippen molar-refractivity contribution in [2.75, 3.05) is 7.11 Å². The summed E-state index contributed by atoms with van der Waals surface area (Å²) >= 11 is 0. The van der Waals surface area contributed by atoms with Crippen LogP contribution in [0.25, 0.3) is 0 Å². The Bertz CT molecular complexity index is 336. The topological polar surface area (TPSA) is 49.1 Å². The highest BCUT2D eigenvalue weighted by molar-refractivity contribution is 5.73. The number of ether oxygens (including phenoxy) is 1. The van der Waals surface area contributed by atoms with Crippen molar-refractivity contribution in [3.05, 3.63) is 23.4 Å². The number of rotatable bonds is 1. The zero-order valence-corrected chi connectivity index (χ0v) is 6.57. The zero-order chi connectivity index (χ0) is 8.55. The predicted octanol–water partition coefficient (Wildman–Crippen LogP) is 0.383. The van der Waals surface area contributed by atoms with E-state index in [1.165, 1.54) is 6.34 Å². The summed E-state index contributed by atoms with van der Waals surface area (Å²) in [5, 5.41) is 11.0. The van der Waals surface area contributed by atoms with E-state index in [1.807, 2.05) is 0 Å². The van der Waals surface area contributed by atoms with Gasteiger partial charge in [-0.1, -0.05) is 0 Å². The maximum absolute atomic E-state index is 11.1. The molecule has 1 atom stereocenters. The molecule has 1 N–H and O–H groups in total. The number of nitrogens with zero attached hydrogens (tertiary/aromatic N) is 1. The largest absolute Gasteiger partial charge is 0.623 e. The van der Waals surface area contributed by atoms with Crippen LogP contribution in [0, 0.1) is 5.21 Å². The molecule has 1 aliphatic heterocycles. The lowest BCUT2D eigenvalue weighted by Gasteiger charge is -2.11. The third-order valence-electron chi connectivity index (χ3n) is 1.79. The van der Waals surface area contributed by atoms with Crippen molar-refractivity contribution in [2.45, 2.75) is 0 Å². The van der Waals surface area contributed by atoms with Gasteiger partial charge in [0.15, 0.2) is 12.0 Å². The molecule has 2 rings (SSSR count). The Labute approximate surface area is 69.7 Å². The van der Waals surface area contributed by atoms with Crippen LogP contribution in [0.5, 0.6) is 5.75 Å². The highest BCUT2D eigenvalue weighted by atomic mass is 16.5. The molecule has 0 bridgehead atoms. The van der Waals surface area contributed by atoms with Gasteiger partial charge in [-0.3, -0.25) is 5.06 Å². The monoisotopic (exact) mass is 164 g/mol. The Kier molecular flexibility index (Phi) is 1.56. The van der Waals surface area contributed by atoms with Crippen molar-refractivity contribution in [2.24, 2.45) is 4.99 Å². The minimum atomic E-state index is -0.0346. The second kappa shape index (κ2) is 2.58. The molecular weight excluding hydrogens is 156 g/mol. The van der Waals surface area contributed by atoms with E-state index in [0.717, 1.165) is 5.75 Å². The third-order valence-corrected chi connectivity index (χ3v) is 1.79. The third kappa shape index (κ3) is 0.975. The Morgan fingerprint density at radius 1 is 1.50 bits per heavy atom. The van der Waals surface area contributed by atoms with E-state index < -0.39 is 0 Å². The van der Waals surface area contributed by atoms with Crippen molar-refractivity contribution in [3.63, 3.8) is 0 Å². The highest BCUT2D eigenvalue weighted by Gasteiger charge is 2.14. The Hall–Kier alpha value is -1.39. The van der Waals surface area contributed by atoms with E-state index in [0.29, 0.717) is 11.4 Å². The molecule has 1 aromatic rings. The maximum atomic E-state index is 11.1. The molecule has 0 radical (unpaired) electrons. The summed E-state index contributed by atoms with van der Waals surface area (Å²) in [4.78, 5) is 3.93. The molecule has 0 aromatic heterocycles. The molecule has 1 heterocycles. The van der Waals surface area contributed by atoms with Crippen LogP contribution in [0.1, 0.15) is 0 Å². The molecule has 0 aliphatic carbocycles. The molecule has 62 valence electrons. The summed E-state index contributed by atoms with van der Waals surface area (Å²) in [6.07, 6.45) is 1.32. The Morgan fingerprint density at radius 2 is 2.33 bits per heavy atom. The van der Waals surface area contributed by atoms with Gasteiger partial charge in [-0.15, -0.1) is 0 Å². The lowest BCUT2D eigenvalue weighted by Crippen LogP contribution is -2.99. The minimum Gasteiger partial charge on any atom is -0.623 e. The first kappa shape index (κ1) is 7.27. The second-order valence-electron chi connectivity index (χ2n) is 2.51. The van der Waals surface area contributed by atoms with Crippen molar-refractivity contribution >= 4 is 17.7 Å². The molecular formula is C8H8N2O2. The van der Waals surface area contributed by atoms with Crippen LogP contribution in [0.3, 0.4) is 0 Å². The first-order valence-electron chi connectivity index (χ1n) is 3.58. The lowest BCUT2D eigenvalue weighted by molar-refractivity contribution is -0.655. The van der Waals surface area contributed by atoms with Crippen LogP contribution in [-0.4, -0.2) is 13.4 Å². The van der Waals surface area contributed by atoms with E-state index in [9.17, 15) is 5.21 Å². The SMILES string of the molecule is COc1ccc2c(c1)N=C[NH+]2[O-]. The standard InChI is InChI=1S/C8H8N2O2/c1-12-6-2-3-8-7(4-6)9-5-10(8)11/h2-5,10H,1H3. The van der Waals surface area contributed by atoms with Crippen LogP contribution in [-0.2, 0) is 0 Å². The van der Waals surface area contributed by atoms with E-state index in [-0.39, 0.29) is 5.06 Å². The molecule has 1 unspecified atom stereocenters. The number of nitrogens with one attached hydrogen (secondary N) is 1. The summed E-state index contributed by atoms with van der Waals surface area (Å²) in [6.45, 7) is 0. The van der Waals surface area contributed by atoms with Gasteiger partial charge in [0.2, 0.25) is 0 Å². The Balaban J connectivity index is 2.47. The fourth-order valence-corrected chi connectivity index (χ4v) is 1.15. The summed E-state index contributed by atoms with van der Waals surface area (Å²) in [6, 6.07) is 5.23. The zero-order valence-electron chi connectivity index (χ0n) is 6.57. The van der Waals surface area contributed by atoms with Crippen molar-refractivity contribution < 1.29 is 9.80 Å². The van der Waals surface area contributed by atoms with Crippen molar-refractivity contribution in [3.8, 4) is 5.75 Å². The molecule has 0 saturated carbocycles. The van der Waals surface area contributed by atoms with Crippen molar-refractivity contribution in [1.29, 1.82) is 0 Å². The molecule has 12 heavy (non-hydrogen) atoms. The maximum Gasteiger partial charge on any atom is 0.194 e. The Morgan fingerprint density at radius 3 is 3.08 bits per heavy atom. The first-order chi connectivity index (χ1) is 5.81. The number of aliphatic imine (C=N–C) groups is 1. The van der Waals surface area contributed by atoms with E-state index in [2.05, 4.69) is 4.99 Å². The van der Waals surface area contributed by atoms with E-state index in [1.54, 1.807) is 25.3 Å². The van der Waals surface area contributed by atoms with Gasteiger partial charge in [-0.05, 0) is 6.07 Å². The molecule has 1 aromatic carbocycles. The average Bonchev–Trinajstić information content (AvgIpc) is 2.47. The van der Waals surface area contributed by atoms with Gasteiger partial charge in [-0.2, -0.15) is 4.99 Å². The van der Waals surface area contributed by atoms with Gasteiger partial charge in [0.05, 0.1) is 7.11 Å². The summed E-state index contributed by atoms with van der Waals surface area (Å²) < 4.78 is 4.99. The fourth-order valence-electron chi connectivity index (χ4n) is 1.15. The number of hydroxylamine groups is 1. The normalized spacial score (nSPS) is 19.3. The smallest absolute Gasteiger partial charge is 0.194 e. The van der Waals surface area contributed by atoms with Crippen LogP contribution in [0.15, 0.2) is 23.2 Å². The number of quaternary nitrogens is 1. The van der Waals surface area contributed by atoms with Gasteiger partial charge >= 0.3 is 0 Å². The van der Waals surface area contributed by atoms with Crippen molar-refractivity contribution in [1.82, 2.24) is 0 Å². The van der Waals surface area contributed by atoms with Crippen LogP contribution in [0.4, 0.5) is 11.4 Å². The number of benzene rings is 1. The molecule has 0 saturated heterocycles. The second-order valence-corrected chi connectivity index (χ2v) is 2.51. The van der Waals surface area contributed by atoms with E-state index in [4.69, 9.17) is 4.74 Å². The summed E-state index contributed by atoms with van der Waals surface area (Å²) in [7, 11) is 1.59. The number of hydrogen-bond donors (Lipinski definition) is 1. The first-order valence-corrected chi connectivity index (χ1v) is 3.58. The molecule has 0 amide bonds. The van der Waals surface area contributed by atoms with Gasteiger partial charge in [0.25, 0.3) is 0 Å². The van der Waals surface area contributed by atoms with Crippen LogP contribution in [0.2, 0.25) is 0 Å². The molecule has 0 spiro atoms. The quantitative estimate of drug-likeness (QED) is 0.610. The van der Waals surface area contributed by atoms with Gasteiger partial charge in [-0.25, -0.2) is 0 Å². The number of fused-ring (bicyclic) bond motifs is 1. The molecule has 4 nitrogen and oxygen atoms in total. The van der Waals surface area contributed by atoms with Gasteiger partial charge in [0.1, 0.15) is 11.4 Å². The molecule has 4 heteroatoms. The van der Waals surface area contributed by atoms with Gasteiger partial charge < -0.3 is 9.94 Å². The summed E-state index contributed by atoms with van der Waals surface area (Å²) in [5.74, 6) is 0.723. The number of methoxy groups -OCH3 is 1. The minimum absolute atomic E-state index is 0.0346. The predicted molar refractivity (Wildman–Crippen MR) is 45.1 cm³/mol. The van der Waals surface area contributed by atoms with E-state index >= 15 is 0 Å². The fraction of sp³-hybridized carbons (Fsp3) is 0.125.